The molecule has 0 aliphatic heterocycles. The first kappa shape index (κ1) is 24.8. The van der Waals surface area contributed by atoms with E-state index in [9.17, 15) is 0 Å². The monoisotopic (exact) mass is 276 g/mol. The van der Waals surface area contributed by atoms with E-state index in [0.29, 0.717) is 5.88 Å². The Bertz CT molecular complexity index is 196. The zero-order chi connectivity index (χ0) is 9.23. The molecule has 0 aromatic carbocycles. The van der Waals surface area contributed by atoms with Gasteiger partial charge in [-0.1, -0.05) is 0 Å². The molecule has 4 heteroatoms. The van der Waals surface area contributed by atoms with Crippen molar-refractivity contribution in [3.05, 3.63) is 0 Å². The topological polar surface area (TPSA) is 0 Å². The van der Waals surface area contributed by atoms with Crippen LogP contribution in [0.2, 0.25) is 0 Å². The summed E-state index contributed by atoms with van der Waals surface area (Å²) in [5.74, 6) is 9.90. The van der Waals surface area contributed by atoms with Crippen molar-refractivity contribution >= 4 is 34.7 Å². The van der Waals surface area contributed by atoms with Crippen LogP contribution in [0.3, 0.4) is 0 Å². The third-order valence-corrected chi connectivity index (χ3v) is 1.65. The molecule has 0 spiro atoms. The second-order valence-corrected chi connectivity index (χ2v) is 3.04. The molecule has 0 unspecified atom stereocenters. The van der Waals surface area contributed by atoms with E-state index in [1.807, 2.05) is 6.92 Å². The molecule has 1 fully saturated rings. The maximum atomic E-state index is 5.28. The minimum atomic E-state index is 0. The molecular formula is C11H15Cl3Mg. The minimum absolute atomic E-state index is 0. The molecule has 0 N–H and O–H groups in total. The van der Waals surface area contributed by atoms with Crippen LogP contribution in [0.1, 0.15) is 32.6 Å². The molecule has 1 aliphatic rings. The summed E-state index contributed by atoms with van der Waals surface area (Å²) in [5.41, 5.74) is 0. The van der Waals surface area contributed by atoms with Crippen molar-refractivity contribution in [1.82, 2.24) is 0 Å². The van der Waals surface area contributed by atoms with Crippen molar-refractivity contribution in [2.45, 2.75) is 32.6 Å². The Kier molecular flexibility index (Phi) is 33.4. The number of terminal acetylenes is 1. The zero-order valence-electron chi connectivity index (χ0n) is 9.03. The predicted molar refractivity (Wildman–Crippen MR) is 60.7 cm³/mol. The predicted octanol–water partition coefficient (Wildman–Crippen LogP) is -3.31. The first-order valence-corrected chi connectivity index (χ1v) is 4.80. The van der Waals surface area contributed by atoms with Gasteiger partial charge in [0.1, 0.15) is 0 Å². The van der Waals surface area contributed by atoms with E-state index in [-0.39, 0.29) is 47.9 Å². The van der Waals surface area contributed by atoms with E-state index in [2.05, 4.69) is 17.8 Å². The van der Waals surface area contributed by atoms with E-state index in [4.69, 9.17) is 18.0 Å². The fourth-order valence-corrected chi connectivity index (χ4v) is 0.734. The Morgan fingerprint density at radius 1 is 1.33 bits per heavy atom. The molecule has 1 saturated carbocycles. The van der Waals surface area contributed by atoms with Crippen LogP contribution in [0.25, 0.3) is 0 Å². The molecule has 0 bridgehead atoms. The number of halogens is 3. The number of unbranched alkanes of at least 4 members (excludes halogenated alkanes) is 1. The molecule has 0 saturated heterocycles. The maximum Gasteiger partial charge on any atom is 2.00 e. The average Bonchev–Trinajstić information content (AvgIpc) is 2.86. The van der Waals surface area contributed by atoms with Crippen molar-refractivity contribution in [1.29, 1.82) is 0 Å². The average molecular weight is 278 g/mol. The fourth-order valence-electron chi connectivity index (χ4n) is 0.601. The van der Waals surface area contributed by atoms with Crippen molar-refractivity contribution in [2.24, 2.45) is 5.92 Å². The second-order valence-electron chi connectivity index (χ2n) is 2.67. The molecule has 1 aliphatic carbocycles. The molecule has 0 heterocycles. The fraction of sp³-hybridized carbons (Fsp3) is 0.636. The normalized spacial score (nSPS) is 10.5. The van der Waals surface area contributed by atoms with Crippen molar-refractivity contribution < 1.29 is 24.8 Å². The quantitative estimate of drug-likeness (QED) is 0.215. The van der Waals surface area contributed by atoms with Crippen molar-refractivity contribution in [2.75, 3.05) is 5.88 Å². The van der Waals surface area contributed by atoms with Crippen LogP contribution in [0, 0.1) is 30.1 Å². The summed E-state index contributed by atoms with van der Waals surface area (Å²) >= 11 is 5.28. The van der Waals surface area contributed by atoms with Gasteiger partial charge < -0.3 is 24.8 Å². The van der Waals surface area contributed by atoms with Gasteiger partial charge in [0, 0.05) is 18.2 Å². The third kappa shape index (κ3) is 25.2. The van der Waals surface area contributed by atoms with Crippen molar-refractivity contribution in [3.8, 4) is 24.2 Å². The van der Waals surface area contributed by atoms with E-state index in [1.165, 1.54) is 12.8 Å². The van der Waals surface area contributed by atoms with Crippen LogP contribution < -0.4 is 24.8 Å². The van der Waals surface area contributed by atoms with Gasteiger partial charge in [0.2, 0.25) is 0 Å². The standard InChI is InChI=1S/C6H8.C5H7Cl.2ClH.Mg/c1-2-3-6-4-5-6;1-2-3-4-5-6;;;/h6H,4-5H2,1H3;1H,3-5H2;2*1H;/q;;;;+2/p-2. The molecule has 15 heavy (non-hydrogen) atoms. The van der Waals surface area contributed by atoms with Gasteiger partial charge in [-0.05, 0) is 26.2 Å². The molecule has 1 rings (SSSR count). The molecule has 0 radical (unpaired) electrons. The van der Waals surface area contributed by atoms with E-state index < -0.39 is 0 Å². The number of hydrogen-bond donors (Lipinski definition) is 0. The van der Waals surface area contributed by atoms with Gasteiger partial charge in [-0.25, -0.2) is 0 Å². The number of rotatable bonds is 2. The van der Waals surface area contributed by atoms with Gasteiger partial charge in [0.05, 0.1) is 0 Å². The van der Waals surface area contributed by atoms with Gasteiger partial charge in [-0.15, -0.1) is 35.8 Å². The Labute approximate surface area is 127 Å². The summed E-state index contributed by atoms with van der Waals surface area (Å²) in [6.45, 7) is 1.90. The summed E-state index contributed by atoms with van der Waals surface area (Å²) in [6, 6.07) is 0. The van der Waals surface area contributed by atoms with E-state index >= 15 is 0 Å². The molecule has 0 aromatic heterocycles. The molecule has 0 amide bonds. The SMILES string of the molecule is C#CCCCCl.CC#CC1CC1.[Cl-].[Cl-].[Mg+2]. The van der Waals surface area contributed by atoms with Gasteiger partial charge in [-0.2, -0.15) is 0 Å². The number of alkyl halides is 1. The third-order valence-electron chi connectivity index (χ3n) is 1.38. The van der Waals surface area contributed by atoms with Crippen LogP contribution >= 0.6 is 11.6 Å². The minimum Gasteiger partial charge on any atom is -1.00 e. The Morgan fingerprint density at radius 2 is 1.87 bits per heavy atom. The first-order valence-electron chi connectivity index (χ1n) is 4.26. The van der Waals surface area contributed by atoms with Gasteiger partial charge in [-0.3, -0.25) is 0 Å². The maximum absolute atomic E-state index is 5.28. The first-order chi connectivity index (χ1) is 5.85. The smallest absolute Gasteiger partial charge is 1.00 e. The second kappa shape index (κ2) is 20.2. The van der Waals surface area contributed by atoms with Crippen LogP contribution in [0.5, 0.6) is 0 Å². The Balaban J connectivity index is -0.0000000672. The largest absolute Gasteiger partial charge is 2.00 e. The summed E-state index contributed by atoms with van der Waals surface area (Å²) in [6.07, 6.45) is 9.35. The molecule has 0 aromatic rings. The Hall–Kier alpha value is 0.756. The van der Waals surface area contributed by atoms with Gasteiger partial charge in [0.25, 0.3) is 0 Å². The summed E-state index contributed by atoms with van der Waals surface area (Å²) in [5, 5.41) is 0. The summed E-state index contributed by atoms with van der Waals surface area (Å²) in [4.78, 5) is 0. The summed E-state index contributed by atoms with van der Waals surface area (Å²) in [7, 11) is 0. The van der Waals surface area contributed by atoms with Crippen LogP contribution in [-0.2, 0) is 0 Å². The summed E-state index contributed by atoms with van der Waals surface area (Å²) < 4.78 is 0. The van der Waals surface area contributed by atoms with Crippen LogP contribution in [-0.4, -0.2) is 28.9 Å². The molecule has 82 valence electrons. The number of hydrogen-bond acceptors (Lipinski definition) is 0. The van der Waals surface area contributed by atoms with Gasteiger partial charge >= 0.3 is 23.1 Å². The van der Waals surface area contributed by atoms with E-state index in [0.717, 1.165) is 18.8 Å². The molecule has 0 nitrogen and oxygen atoms in total. The van der Waals surface area contributed by atoms with Crippen LogP contribution in [0.4, 0.5) is 0 Å². The van der Waals surface area contributed by atoms with Crippen molar-refractivity contribution in [3.63, 3.8) is 0 Å². The zero-order valence-corrected chi connectivity index (χ0v) is 12.7. The van der Waals surface area contributed by atoms with Crippen LogP contribution in [0.15, 0.2) is 0 Å². The Morgan fingerprint density at radius 3 is 2.00 bits per heavy atom. The molecular weight excluding hydrogens is 263 g/mol. The molecule has 0 atom stereocenters. The van der Waals surface area contributed by atoms with Gasteiger partial charge in [0.15, 0.2) is 0 Å². The van der Waals surface area contributed by atoms with E-state index in [1.54, 1.807) is 0 Å².